The van der Waals surface area contributed by atoms with Gasteiger partial charge in [0, 0.05) is 6.08 Å². The van der Waals surface area contributed by atoms with Crippen molar-refractivity contribution in [2.45, 2.75) is 6.18 Å². The Balaban J connectivity index is 2.40. The third-order valence-electron chi connectivity index (χ3n) is 2.58. The zero-order chi connectivity index (χ0) is 16.3. The highest BCUT2D eigenvalue weighted by Crippen LogP contribution is 2.30. The van der Waals surface area contributed by atoms with Gasteiger partial charge in [0.25, 0.3) is 0 Å². The lowest BCUT2D eigenvalue weighted by molar-refractivity contribution is -0.242. The Morgan fingerprint density at radius 1 is 1.41 bits per heavy atom. The number of allylic oxidation sites excluding steroid dienone is 1. The van der Waals surface area contributed by atoms with Crippen LogP contribution in [0.15, 0.2) is 41.1 Å². The number of halogens is 3. The van der Waals surface area contributed by atoms with Gasteiger partial charge >= 0.3 is 6.18 Å². The van der Waals surface area contributed by atoms with E-state index in [1.165, 1.54) is 24.3 Å². The lowest BCUT2D eigenvalue weighted by Gasteiger charge is -2.29. The quantitative estimate of drug-likeness (QED) is 0.855. The predicted molar refractivity (Wildman–Crippen MR) is 69.7 cm³/mol. The van der Waals surface area contributed by atoms with E-state index in [0.29, 0.717) is 6.08 Å². The number of hydrazone groups is 1. The monoisotopic (exact) mass is 315 g/mol. The molecule has 0 radical (unpaired) electrons. The number of hydrogen-bond acceptors (Lipinski definition) is 6. The first-order chi connectivity index (χ1) is 10.3. The number of amides is 1. The van der Waals surface area contributed by atoms with Crippen LogP contribution in [0.3, 0.4) is 0 Å². The molecule has 1 aromatic carbocycles. The SMILES string of the molecule is COC1=NN(c2ccccc2NC(=O)[O-])NC(C(F)(F)F)=C1. The molecule has 2 N–H and O–H groups in total. The fraction of sp³-hybridized carbons (Fsp3) is 0.167. The molecule has 0 atom stereocenters. The number of carboxylic acid groups (broad SMARTS) is 1. The summed E-state index contributed by atoms with van der Waals surface area (Å²) in [6.45, 7) is 0. The van der Waals surface area contributed by atoms with E-state index in [0.717, 1.165) is 12.2 Å². The number of hydrazine groups is 1. The third-order valence-corrected chi connectivity index (χ3v) is 2.58. The van der Waals surface area contributed by atoms with Crippen LogP contribution in [0, 0.1) is 0 Å². The van der Waals surface area contributed by atoms with Crippen molar-refractivity contribution in [1.29, 1.82) is 0 Å². The zero-order valence-corrected chi connectivity index (χ0v) is 11.1. The second-order valence-corrected chi connectivity index (χ2v) is 4.05. The molecule has 0 saturated carbocycles. The van der Waals surface area contributed by atoms with Crippen LogP contribution in [-0.4, -0.2) is 25.3 Å². The van der Waals surface area contributed by atoms with Gasteiger partial charge in [-0.1, -0.05) is 12.1 Å². The summed E-state index contributed by atoms with van der Waals surface area (Å²) in [5, 5.41) is 17.2. The van der Waals surface area contributed by atoms with Gasteiger partial charge in [0.2, 0.25) is 5.90 Å². The van der Waals surface area contributed by atoms with Gasteiger partial charge < -0.3 is 20.0 Å². The first kappa shape index (κ1) is 15.5. The molecular weight excluding hydrogens is 305 g/mol. The second kappa shape index (κ2) is 5.84. The van der Waals surface area contributed by atoms with E-state index in [9.17, 15) is 23.1 Å². The number of benzene rings is 1. The highest BCUT2D eigenvalue weighted by molar-refractivity contribution is 5.92. The number of hydrogen-bond donors (Lipinski definition) is 2. The minimum Gasteiger partial charge on any atom is -0.530 e. The van der Waals surface area contributed by atoms with Gasteiger partial charge in [0.15, 0.2) is 0 Å². The van der Waals surface area contributed by atoms with Crippen molar-refractivity contribution in [3.05, 3.63) is 36.0 Å². The maximum atomic E-state index is 12.9. The van der Waals surface area contributed by atoms with Gasteiger partial charge in [-0.25, -0.2) is 0 Å². The number of nitrogens with one attached hydrogen (secondary N) is 2. The van der Waals surface area contributed by atoms with Crippen LogP contribution >= 0.6 is 0 Å². The number of para-hydroxylation sites is 2. The molecule has 0 saturated heterocycles. The van der Waals surface area contributed by atoms with E-state index in [4.69, 9.17) is 4.74 Å². The summed E-state index contributed by atoms with van der Waals surface area (Å²) in [4.78, 5) is 10.6. The Labute approximate surface area is 122 Å². The largest absolute Gasteiger partial charge is 0.530 e. The number of ether oxygens (including phenoxy) is 1. The molecule has 1 heterocycles. The van der Waals surface area contributed by atoms with Crippen molar-refractivity contribution in [3.8, 4) is 0 Å². The molecule has 0 unspecified atom stereocenters. The summed E-state index contributed by atoms with van der Waals surface area (Å²) in [6, 6.07) is 5.72. The number of alkyl halides is 3. The minimum absolute atomic E-state index is 0.00220. The molecule has 7 nitrogen and oxygen atoms in total. The van der Waals surface area contributed by atoms with Crippen LogP contribution in [0.5, 0.6) is 0 Å². The molecule has 1 aliphatic rings. The molecule has 0 aliphatic carbocycles. The smallest absolute Gasteiger partial charge is 0.432 e. The molecule has 0 fully saturated rings. The summed E-state index contributed by atoms with van der Waals surface area (Å²) >= 11 is 0. The molecule has 1 aliphatic heterocycles. The zero-order valence-electron chi connectivity index (χ0n) is 11.1. The van der Waals surface area contributed by atoms with Gasteiger partial charge in [-0.15, -0.1) is 5.10 Å². The molecule has 0 bridgehead atoms. The van der Waals surface area contributed by atoms with Crippen molar-refractivity contribution >= 4 is 23.4 Å². The molecule has 0 aromatic heterocycles. The number of methoxy groups -OCH3 is 1. The van der Waals surface area contributed by atoms with Gasteiger partial charge in [-0.3, -0.25) is 5.43 Å². The lowest BCUT2D eigenvalue weighted by Crippen LogP contribution is -2.43. The Hall–Kier alpha value is -2.91. The molecule has 0 spiro atoms. The highest BCUT2D eigenvalue weighted by Gasteiger charge is 2.37. The van der Waals surface area contributed by atoms with Gasteiger partial charge in [0.1, 0.15) is 17.5 Å². The van der Waals surface area contributed by atoms with Crippen molar-refractivity contribution in [2.24, 2.45) is 5.10 Å². The first-order valence-electron chi connectivity index (χ1n) is 5.86. The minimum atomic E-state index is -4.66. The number of carbonyl (C=O) groups is 1. The fourth-order valence-electron chi connectivity index (χ4n) is 1.66. The third kappa shape index (κ3) is 3.40. The molecule has 2 rings (SSSR count). The fourth-order valence-corrected chi connectivity index (χ4v) is 1.66. The average molecular weight is 315 g/mol. The Kier molecular flexibility index (Phi) is 4.11. The Bertz CT molecular complexity index is 643. The summed E-state index contributed by atoms with van der Waals surface area (Å²) in [5.41, 5.74) is 0.963. The highest BCUT2D eigenvalue weighted by atomic mass is 19.4. The molecular formula is C12H10F3N4O3-. The summed E-state index contributed by atoms with van der Waals surface area (Å²) < 4.78 is 43.3. The van der Waals surface area contributed by atoms with E-state index in [2.05, 4.69) is 5.10 Å². The van der Waals surface area contributed by atoms with Crippen LogP contribution in [0.2, 0.25) is 0 Å². The van der Waals surface area contributed by atoms with E-state index in [-0.39, 0.29) is 17.3 Å². The topological polar surface area (TPSA) is 89.0 Å². The predicted octanol–water partition coefficient (Wildman–Crippen LogP) is 1.17. The van der Waals surface area contributed by atoms with E-state index >= 15 is 0 Å². The molecule has 22 heavy (non-hydrogen) atoms. The van der Waals surface area contributed by atoms with E-state index < -0.39 is 18.0 Å². The van der Waals surface area contributed by atoms with Crippen LogP contribution < -0.4 is 21.0 Å². The molecule has 10 heteroatoms. The van der Waals surface area contributed by atoms with Crippen molar-refractivity contribution in [3.63, 3.8) is 0 Å². The van der Waals surface area contributed by atoms with Crippen molar-refractivity contribution in [1.82, 2.24) is 5.43 Å². The molecule has 1 amide bonds. The van der Waals surface area contributed by atoms with Gasteiger partial charge in [0.05, 0.1) is 12.8 Å². The van der Waals surface area contributed by atoms with E-state index in [1.54, 1.807) is 0 Å². The number of anilines is 2. The Morgan fingerprint density at radius 2 is 2.09 bits per heavy atom. The van der Waals surface area contributed by atoms with Gasteiger partial charge in [-0.05, 0) is 12.1 Å². The Morgan fingerprint density at radius 3 is 2.68 bits per heavy atom. The average Bonchev–Trinajstić information content (AvgIpc) is 2.45. The van der Waals surface area contributed by atoms with Crippen molar-refractivity contribution < 1.29 is 27.8 Å². The number of nitrogens with zero attached hydrogens (tertiary/aromatic N) is 2. The number of carbonyl (C=O) groups excluding carboxylic acids is 1. The molecule has 1 aromatic rings. The standard InChI is InChI=1S/C12H11F3N4O3/c1-22-10-6-9(12(13,14)15)17-19(18-10)8-5-3-2-4-7(8)16-11(20)21/h2-6,16-17H,1H3,(H,20,21)/p-1. The summed E-state index contributed by atoms with van der Waals surface area (Å²) in [6.07, 6.45) is -5.58. The number of rotatable bonds is 2. The summed E-state index contributed by atoms with van der Waals surface area (Å²) in [5.74, 6) is -0.297. The van der Waals surface area contributed by atoms with Crippen molar-refractivity contribution in [2.75, 3.05) is 17.5 Å². The van der Waals surface area contributed by atoms with Crippen LogP contribution in [0.1, 0.15) is 0 Å². The van der Waals surface area contributed by atoms with Crippen LogP contribution in [0.4, 0.5) is 29.3 Å². The second-order valence-electron chi connectivity index (χ2n) is 4.05. The van der Waals surface area contributed by atoms with E-state index in [1.807, 2.05) is 10.7 Å². The lowest BCUT2D eigenvalue weighted by atomic mass is 10.2. The summed E-state index contributed by atoms with van der Waals surface area (Å²) in [7, 11) is 1.16. The molecule has 118 valence electrons. The van der Waals surface area contributed by atoms with Crippen LogP contribution in [-0.2, 0) is 4.74 Å². The van der Waals surface area contributed by atoms with Crippen LogP contribution in [0.25, 0.3) is 0 Å². The normalized spacial score (nSPS) is 14.6. The maximum Gasteiger partial charge on any atom is 0.432 e. The first-order valence-corrected chi connectivity index (χ1v) is 5.86. The maximum absolute atomic E-state index is 12.9. The van der Waals surface area contributed by atoms with Gasteiger partial charge in [-0.2, -0.15) is 18.3 Å².